The second-order valence-corrected chi connectivity index (χ2v) is 8.90. The van der Waals surface area contributed by atoms with Crippen LogP contribution in [0.1, 0.15) is 15.9 Å². The molecule has 0 aliphatic carbocycles. The van der Waals surface area contributed by atoms with Gasteiger partial charge in [0.15, 0.2) is 0 Å². The Kier molecular flexibility index (Phi) is 7.13. The quantitative estimate of drug-likeness (QED) is 0.671. The summed E-state index contributed by atoms with van der Waals surface area (Å²) in [6.07, 6.45) is 0. The first-order valence-corrected chi connectivity index (χ1v) is 11.0. The molecule has 1 heterocycles. The average molecular weight is 439 g/mol. The van der Waals surface area contributed by atoms with E-state index in [2.05, 4.69) is 5.32 Å². The Morgan fingerprint density at radius 2 is 1.86 bits per heavy atom. The molecule has 0 radical (unpaired) electrons. The molecular formula is C20H23ClN2O5S. The topological polar surface area (TPSA) is 84.9 Å². The van der Waals surface area contributed by atoms with Crippen molar-refractivity contribution in [1.29, 1.82) is 0 Å². The number of aryl methyl sites for hydroxylation is 1. The van der Waals surface area contributed by atoms with E-state index < -0.39 is 10.0 Å². The lowest BCUT2D eigenvalue weighted by Gasteiger charge is -2.26. The van der Waals surface area contributed by atoms with Crippen LogP contribution in [-0.2, 0) is 14.8 Å². The van der Waals surface area contributed by atoms with Crippen LogP contribution in [0.2, 0.25) is 5.02 Å². The zero-order valence-corrected chi connectivity index (χ0v) is 17.6. The lowest BCUT2D eigenvalue weighted by molar-refractivity contribution is 0.0730. The minimum absolute atomic E-state index is 0.163. The number of rotatable bonds is 7. The minimum Gasteiger partial charge on any atom is -0.492 e. The van der Waals surface area contributed by atoms with Gasteiger partial charge in [-0.2, -0.15) is 4.31 Å². The normalized spacial score (nSPS) is 15.1. The van der Waals surface area contributed by atoms with E-state index in [9.17, 15) is 13.2 Å². The summed E-state index contributed by atoms with van der Waals surface area (Å²) in [7, 11) is -3.57. The summed E-state index contributed by atoms with van der Waals surface area (Å²) in [5, 5.41) is 3.37. The van der Waals surface area contributed by atoms with Gasteiger partial charge in [-0.3, -0.25) is 4.79 Å². The molecule has 0 bridgehead atoms. The number of nitrogens with zero attached hydrogens (tertiary/aromatic N) is 1. The van der Waals surface area contributed by atoms with E-state index in [0.717, 1.165) is 5.56 Å². The number of amides is 1. The van der Waals surface area contributed by atoms with Crippen LogP contribution in [-0.4, -0.2) is 58.1 Å². The molecule has 156 valence electrons. The largest absolute Gasteiger partial charge is 0.492 e. The molecule has 2 aromatic rings. The van der Waals surface area contributed by atoms with Gasteiger partial charge < -0.3 is 14.8 Å². The molecule has 1 fully saturated rings. The van der Waals surface area contributed by atoms with Crippen molar-refractivity contribution in [3.8, 4) is 5.75 Å². The zero-order chi connectivity index (χ0) is 20.9. The second-order valence-electron chi connectivity index (χ2n) is 6.56. The summed E-state index contributed by atoms with van der Waals surface area (Å²) < 4.78 is 37.4. The Bertz CT molecular complexity index is 957. The predicted octanol–water partition coefficient (Wildman–Crippen LogP) is 2.48. The molecule has 0 atom stereocenters. The molecule has 9 heteroatoms. The van der Waals surface area contributed by atoms with Gasteiger partial charge in [-0.1, -0.05) is 17.7 Å². The smallest absolute Gasteiger partial charge is 0.251 e. The standard InChI is InChI=1S/C20H23ClN2O5S/c1-15-2-5-17(14-19(15)21)28-11-8-22-20(24)16-3-6-18(7-4-16)29(25,26)23-9-12-27-13-10-23/h2-7,14H,8-13H2,1H3,(H,22,24). The molecule has 1 N–H and O–H groups in total. The molecule has 29 heavy (non-hydrogen) atoms. The Hall–Kier alpha value is -2.13. The van der Waals surface area contributed by atoms with Crippen LogP contribution in [0.4, 0.5) is 0 Å². The number of sulfonamides is 1. The highest BCUT2D eigenvalue weighted by Crippen LogP contribution is 2.21. The van der Waals surface area contributed by atoms with Gasteiger partial charge in [0.2, 0.25) is 10.0 Å². The zero-order valence-electron chi connectivity index (χ0n) is 16.1. The fourth-order valence-electron chi connectivity index (χ4n) is 2.81. The molecule has 0 spiro atoms. The molecule has 1 saturated heterocycles. The van der Waals surface area contributed by atoms with E-state index in [0.29, 0.717) is 49.2 Å². The molecule has 0 unspecified atom stereocenters. The van der Waals surface area contributed by atoms with Gasteiger partial charge in [0.05, 0.1) is 24.7 Å². The molecular weight excluding hydrogens is 416 g/mol. The van der Waals surface area contributed by atoms with Crippen molar-refractivity contribution < 1.29 is 22.7 Å². The molecule has 1 amide bonds. The molecule has 0 saturated carbocycles. The van der Waals surface area contributed by atoms with Crippen LogP contribution in [0.3, 0.4) is 0 Å². The summed E-state index contributed by atoms with van der Waals surface area (Å²) >= 11 is 6.05. The number of halogens is 1. The summed E-state index contributed by atoms with van der Waals surface area (Å²) in [5.41, 5.74) is 1.34. The van der Waals surface area contributed by atoms with E-state index in [1.165, 1.54) is 28.6 Å². The van der Waals surface area contributed by atoms with E-state index >= 15 is 0 Å². The lowest BCUT2D eigenvalue weighted by atomic mass is 10.2. The number of morpholine rings is 1. The summed E-state index contributed by atoms with van der Waals surface area (Å²) in [6, 6.07) is 11.3. The van der Waals surface area contributed by atoms with E-state index in [4.69, 9.17) is 21.1 Å². The Labute approximate surface area is 175 Å². The maximum absolute atomic E-state index is 12.6. The molecule has 0 aromatic heterocycles. The van der Waals surface area contributed by atoms with E-state index in [-0.39, 0.29) is 17.4 Å². The monoisotopic (exact) mass is 438 g/mol. The van der Waals surface area contributed by atoms with Crippen molar-refractivity contribution in [2.45, 2.75) is 11.8 Å². The fourth-order valence-corrected chi connectivity index (χ4v) is 4.39. The highest BCUT2D eigenvalue weighted by molar-refractivity contribution is 7.89. The van der Waals surface area contributed by atoms with Crippen molar-refractivity contribution in [3.05, 3.63) is 58.6 Å². The number of nitrogens with one attached hydrogen (secondary N) is 1. The number of hydrogen-bond donors (Lipinski definition) is 1. The Morgan fingerprint density at radius 3 is 2.52 bits per heavy atom. The number of benzene rings is 2. The average Bonchev–Trinajstić information content (AvgIpc) is 2.74. The third kappa shape index (κ3) is 5.48. The van der Waals surface area contributed by atoms with Gasteiger partial charge in [-0.05, 0) is 48.9 Å². The van der Waals surface area contributed by atoms with Crippen LogP contribution < -0.4 is 10.1 Å². The highest BCUT2D eigenvalue weighted by atomic mass is 35.5. The van der Waals surface area contributed by atoms with Crippen molar-refractivity contribution in [2.75, 3.05) is 39.5 Å². The first kappa shape index (κ1) is 21.6. The molecule has 2 aromatic carbocycles. The Morgan fingerprint density at radius 1 is 1.17 bits per heavy atom. The second kappa shape index (κ2) is 9.58. The summed E-state index contributed by atoms with van der Waals surface area (Å²) in [6.45, 7) is 3.93. The van der Waals surface area contributed by atoms with Crippen LogP contribution in [0, 0.1) is 6.92 Å². The molecule has 1 aliphatic heterocycles. The van der Waals surface area contributed by atoms with Crippen molar-refractivity contribution >= 4 is 27.5 Å². The summed E-state index contributed by atoms with van der Waals surface area (Å²) in [4.78, 5) is 12.4. The SMILES string of the molecule is Cc1ccc(OCCNC(=O)c2ccc(S(=O)(=O)N3CCOCC3)cc2)cc1Cl. The van der Waals surface area contributed by atoms with Gasteiger partial charge in [-0.25, -0.2) is 8.42 Å². The molecule has 7 nitrogen and oxygen atoms in total. The van der Waals surface area contributed by atoms with Crippen LogP contribution in [0.5, 0.6) is 5.75 Å². The van der Waals surface area contributed by atoms with Crippen molar-refractivity contribution in [3.63, 3.8) is 0 Å². The number of carbonyl (C=O) groups is 1. The van der Waals surface area contributed by atoms with Crippen LogP contribution in [0.25, 0.3) is 0 Å². The van der Waals surface area contributed by atoms with Crippen molar-refractivity contribution in [1.82, 2.24) is 9.62 Å². The molecule has 1 aliphatic rings. The fraction of sp³-hybridized carbons (Fsp3) is 0.350. The van der Waals surface area contributed by atoms with Crippen LogP contribution >= 0.6 is 11.6 Å². The highest BCUT2D eigenvalue weighted by Gasteiger charge is 2.26. The third-order valence-corrected chi connectivity index (χ3v) is 6.84. The van der Waals surface area contributed by atoms with Gasteiger partial charge in [0.1, 0.15) is 12.4 Å². The van der Waals surface area contributed by atoms with E-state index in [1.807, 2.05) is 19.1 Å². The maximum Gasteiger partial charge on any atom is 0.251 e. The summed E-state index contributed by atoms with van der Waals surface area (Å²) in [5.74, 6) is 0.332. The molecule has 3 rings (SSSR count). The minimum atomic E-state index is -3.57. The van der Waals surface area contributed by atoms with Crippen molar-refractivity contribution in [2.24, 2.45) is 0 Å². The maximum atomic E-state index is 12.6. The third-order valence-electron chi connectivity index (χ3n) is 4.52. The van der Waals surface area contributed by atoms with Crippen LogP contribution in [0.15, 0.2) is 47.4 Å². The van der Waals surface area contributed by atoms with E-state index in [1.54, 1.807) is 6.07 Å². The lowest BCUT2D eigenvalue weighted by Crippen LogP contribution is -2.40. The Balaban J connectivity index is 1.51. The predicted molar refractivity (Wildman–Crippen MR) is 110 cm³/mol. The first-order chi connectivity index (χ1) is 13.9. The van der Waals surface area contributed by atoms with Gasteiger partial charge >= 0.3 is 0 Å². The number of hydrogen-bond acceptors (Lipinski definition) is 5. The number of ether oxygens (including phenoxy) is 2. The number of carbonyl (C=O) groups excluding carboxylic acids is 1. The van der Waals surface area contributed by atoms with Gasteiger partial charge in [-0.15, -0.1) is 0 Å². The first-order valence-electron chi connectivity index (χ1n) is 9.23. The van der Waals surface area contributed by atoms with Gasteiger partial charge in [0, 0.05) is 23.7 Å². The van der Waals surface area contributed by atoms with Gasteiger partial charge in [0.25, 0.3) is 5.91 Å².